The lowest BCUT2D eigenvalue weighted by molar-refractivity contribution is 0.0681. The van der Waals surface area contributed by atoms with Crippen LogP contribution in [0.1, 0.15) is 17.2 Å². The van der Waals surface area contributed by atoms with Gasteiger partial charge in [-0.05, 0) is 46.2 Å². The van der Waals surface area contributed by atoms with Gasteiger partial charge in [-0.1, -0.05) is 60.7 Å². The number of epoxide rings is 1. The van der Waals surface area contributed by atoms with Crippen molar-refractivity contribution >= 4 is 22.1 Å². The third-order valence-corrected chi connectivity index (χ3v) is 6.84. The number of methoxy groups -OCH3 is 1. The Balaban J connectivity index is 1.35. The lowest BCUT2D eigenvalue weighted by Crippen LogP contribution is -2.30. The molecule has 0 saturated carbocycles. The lowest BCUT2D eigenvalue weighted by Gasteiger charge is -2.27. The fourth-order valence-corrected chi connectivity index (χ4v) is 4.54. The summed E-state index contributed by atoms with van der Waals surface area (Å²) >= 11 is 0. The normalized spacial score (nSPS) is 15.5. The van der Waals surface area contributed by atoms with Crippen molar-refractivity contribution in [3.8, 4) is 5.75 Å². The zero-order chi connectivity index (χ0) is 24.9. The largest absolute Gasteiger partial charge is 0.497 e. The van der Waals surface area contributed by atoms with Crippen LogP contribution >= 0.6 is 0 Å². The summed E-state index contributed by atoms with van der Waals surface area (Å²) in [6, 6.07) is 31.9. The molecule has 0 aromatic heterocycles. The van der Waals surface area contributed by atoms with Crippen LogP contribution in [-0.2, 0) is 9.47 Å². The van der Waals surface area contributed by atoms with E-state index in [0.717, 1.165) is 36.7 Å². The van der Waals surface area contributed by atoms with Crippen LogP contribution in [-0.4, -0.2) is 53.6 Å². The van der Waals surface area contributed by atoms with Crippen molar-refractivity contribution in [3.05, 3.63) is 102 Å². The number of nitrogens with zero attached hydrogens (tertiary/aromatic N) is 2. The summed E-state index contributed by atoms with van der Waals surface area (Å²) < 4.78 is 17.3. The van der Waals surface area contributed by atoms with Crippen LogP contribution in [0.25, 0.3) is 10.8 Å². The van der Waals surface area contributed by atoms with Gasteiger partial charge in [0.25, 0.3) is 0 Å². The van der Waals surface area contributed by atoms with E-state index in [1.54, 1.807) is 7.11 Å². The van der Waals surface area contributed by atoms with Gasteiger partial charge in [0.1, 0.15) is 18.0 Å². The number of hydrogen-bond acceptors (Lipinski definition) is 5. The van der Waals surface area contributed by atoms with E-state index in [1.165, 1.54) is 22.0 Å². The van der Waals surface area contributed by atoms with Crippen molar-refractivity contribution in [2.75, 3.05) is 57.3 Å². The molecule has 1 fully saturated rings. The van der Waals surface area contributed by atoms with Gasteiger partial charge in [-0.15, -0.1) is 0 Å². The van der Waals surface area contributed by atoms with Gasteiger partial charge in [-0.2, -0.15) is 0 Å². The standard InChI is InChI=1S/C31H34N2O3/c1-32(17-18-33(2)26-13-8-14-27(20-26)34-3)25-12-6-11-24(19-25)31(36-22-28-21-35-28)30-16-7-10-23-9-4-5-15-29(23)30/h4-16,19-20,28,31H,17-18,21-22H2,1-3H3. The predicted molar refractivity (Wildman–Crippen MR) is 147 cm³/mol. The number of likely N-dealkylation sites (N-methyl/N-ethyl adjacent to an activating group) is 2. The summed E-state index contributed by atoms with van der Waals surface area (Å²) in [6.07, 6.45) is 0.0496. The summed E-state index contributed by atoms with van der Waals surface area (Å²) in [6.45, 7) is 3.15. The Labute approximate surface area is 213 Å². The smallest absolute Gasteiger partial charge is 0.120 e. The van der Waals surface area contributed by atoms with Crippen LogP contribution < -0.4 is 14.5 Å². The second-order valence-corrected chi connectivity index (χ2v) is 9.38. The van der Waals surface area contributed by atoms with Crippen LogP contribution in [0.3, 0.4) is 0 Å². The van der Waals surface area contributed by atoms with E-state index in [2.05, 4.69) is 103 Å². The Hall–Kier alpha value is -3.54. The van der Waals surface area contributed by atoms with E-state index in [1.807, 2.05) is 12.1 Å². The topological polar surface area (TPSA) is 37.5 Å². The minimum atomic E-state index is -0.159. The zero-order valence-corrected chi connectivity index (χ0v) is 21.3. The fraction of sp³-hybridized carbons (Fsp3) is 0.290. The third kappa shape index (κ3) is 5.64. The molecule has 4 aromatic rings. The molecular weight excluding hydrogens is 448 g/mol. The third-order valence-electron chi connectivity index (χ3n) is 6.84. The van der Waals surface area contributed by atoms with E-state index >= 15 is 0 Å². The molecule has 36 heavy (non-hydrogen) atoms. The Bertz CT molecular complexity index is 1300. The Morgan fingerprint density at radius 3 is 2.25 bits per heavy atom. The Morgan fingerprint density at radius 2 is 1.50 bits per heavy atom. The molecule has 1 saturated heterocycles. The van der Waals surface area contributed by atoms with Crippen molar-refractivity contribution in [3.63, 3.8) is 0 Å². The minimum absolute atomic E-state index is 0.159. The van der Waals surface area contributed by atoms with Gasteiger partial charge in [-0.3, -0.25) is 0 Å². The molecule has 5 nitrogen and oxygen atoms in total. The van der Waals surface area contributed by atoms with Gasteiger partial charge in [0.2, 0.25) is 0 Å². The monoisotopic (exact) mass is 482 g/mol. The van der Waals surface area contributed by atoms with Crippen LogP contribution in [0.15, 0.2) is 91.0 Å². The summed E-state index contributed by atoms with van der Waals surface area (Å²) in [5.74, 6) is 0.872. The first-order chi connectivity index (χ1) is 17.6. The molecule has 0 aliphatic carbocycles. The SMILES string of the molecule is COc1cccc(N(C)CCN(C)c2cccc(C(OCC3CO3)c3cccc4ccccc34)c2)c1. The van der Waals surface area contributed by atoms with Crippen LogP contribution in [0, 0.1) is 0 Å². The lowest BCUT2D eigenvalue weighted by atomic mass is 9.95. The Kier molecular flexibility index (Phi) is 7.40. The number of fused-ring (bicyclic) bond motifs is 1. The van der Waals surface area contributed by atoms with Gasteiger partial charge in [0.05, 0.1) is 20.3 Å². The molecular formula is C31H34N2O3. The molecule has 2 atom stereocenters. The maximum Gasteiger partial charge on any atom is 0.120 e. The molecule has 1 aliphatic rings. The molecule has 0 amide bonds. The Morgan fingerprint density at radius 1 is 0.833 bits per heavy atom. The highest BCUT2D eigenvalue weighted by atomic mass is 16.6. The number of ether oxygens (including phenoxy) is 3. The van der Waals surface area contributed by atoms with Crippen molar-refractivity contribution in [1.29, 1.82) is 0 Å². The average Bonchev–Trinajstić information content (AvgIpc) is 3.76. The van der Waals surface area contributed by atoms with Crippen LogP contribution in [0.4, 0.5) is 11.4 Å². The minimum Gasteiger partial charge on any atom is -0.497 e. The molecule has 1 heterocycles. The summed E-state index contributed by atoms with van der Waals surface area (Å²) in [7, 11) is 5.96. The first-order valence-electron chi connectivity index (χ1n) is 12.5. The predicted octanol–water partition coefficient (Wildman–Crippen LogP) is 5.93. The molecule has 5 heteroatoms. The number of anilines is 2. The van der Waals surface area contributed by atoms with Gasteiger partial charge in [0.15, 0.2) is 0 Å². The molecule has 0 N–H and O–H groups in total. The van der Waals surface area contributed by atoms with Crippen molar-refractivity contribution < 1.29 is 14.2 Å². The van der Waals surface area contributed by atoms with E-state index in [4.69, 9.17) is 14.2 Å². The molecule has 1 aliphatic heterocycles. The number of rotatable bonds is 11. The van der Waals surface area contributed by atoms with Crippen LogP contribution in [0.5, 0.6) is 5.75 Å². The van der Waals surface area contributed by atoms with E-state index in [9.17, 15) is 0 Å². The second kappa shape index (κ2) is 11.0. The summed E-state index contributed by atoms with van der Waals surface area (Å²) in [5, 5.41) is 2.44. The highest BCUT2D eigenvalue weighted by molar-refractivity contribution is 5.86. The molecule has 0 bridgehead atoms. The van der Waals surface area contributed by atoms with Crippen molar-refractivity contribution in [2.45, 2.75) is 12.2 Å². The highest BCUT2D eigenvalue weighted by Crippen LogP contribution is 2.34. The molecule has 4 aromatic carbocycles. The molecule has 186 valence electrons. The van der Waals surface area contributed by atoms with Gasteiger partial charge in [0, 0.05) is 44.6 Å². The van der Waals surface area contributed by atoms with Gasteiger partial charge >= 0.3 is 0 Å². The first kappa shape index (κ1) is 24.2. The molecule has 5 rings (SSSR count). The average molecular weight is 483 g/mol. The van der Waals surface area contributed by atoms with Crippen molar-refractivity contribution in [1.82, 2.24) is 0 Å². The molecule has 0 spiro atoms. The summed E-state index contributed by atoms with van der Waals surface area (Å²) in [5.41, 5.74) is 4.65. The molecule has 2 unspecified atom stereocenters. The van der Waals surface area contributed by atoms with E-state index in [-0.39, 0.29) is 12.2 Å². The van der Waals surface area contributed by atoms with E-state index < -0.39 is 0 Å². The second-order valence-electron chi connectivity index (χ2n) is 9.38. The molecule has 0 radical (unpaired) electrons. The number of hydrogen-bond donors (Lipinski definition) is 0. The highest BCUT2D eigenvalue weighted by Gasteiger charge is 2.26. The quantitative estimate of drug-likeness (QED) is 0.248. The number of benzene rings is 4. The zero-order valence-electron chi connectivity index (χ0n) is 21.3. The summed E-state index contributed by atoms with van der Waals surface area (Å²) in [4.78, 5) is 4.55. The van der Waals surface area contributed by atoms with Gasteiger partial charge in [-0.25, -0.2) is 0 Å². The maximum absolute atomic E-state index is 6.50. The van der Waals surface area contributed by atoms with Crippen molar-refractivity contribution in [2.24, 2.45) is 0 Å². The first-order valence-corrected chi connectivity index (χ1v) is 12.5. The van der Waals surface area contributed by atoms with E-state index in [0.29, 0.717) is 6.61 Å². The van der Waals surface area contributed by atoms with Gasteiger partial charge < -0.3 is 24.0 Å². The fourth-order valence-electron chi connectivity index (χ4n) is 4.54. The van der Waals surface area contributed by atoms with Crippen LogP contribution in [0.2, 0.25) is 0 Å². The maximum atomic E-state index is 6.50.